The highest BCUT2D eigenvalue weighted by Gasteiger charge is 2.38. The van der Waals surface area contributed by atoms with Gasteiger partial charge in [-0.15, -0.1) is 0 Å². The Hall–Kier alpha value is -2.03. The van der Waals surface area contributed by atoms with E-state index in [4.69, 9.17) is 9.15 Å². The molecule has 1 aliphatic heterocycles. The number of hydrogen-bond acceptors (Lipinski definition) is 3. The average Bonchev–Trinajstić information content (AvgIpc) is 3.08. The summed E-state index contributed by atoms with van der Waals surface area (Å²) in [5, 5.41) is 1.10. The topological polar surface area (TPSA) is 39.4 Å². The van der Waals surface area contributed by atoms with E-state index in [1.54, 1.807) is 0 Å². The maximum atomic E-state index is 12.4. The predicted molar refractivity (Wildman–Crippen MR) is 99.3 cm³/mol. The van der Waals surface area contributed by atoms with E-state index in [1.807, 2.05) is 6.92 Å². The zero-order valence-corrected chi connectivity index (χ0v) is 15.0. The quantitative estimate of drug-likeness (QED) is 0.639. The first-order chi connectivity index (χ1) is 12.1. The Morgan fingerprint density at radius 3 is 2.88 bits per heavy atom. The van der Waals surface area contributed by atoms with Crippen LogP contribution < -0.4 is 10.4 Å². The molecule has 25 heavy (non-hydrogen) atoms. The van der Waals surface area contributed by atoms with E-state index in [9.17, 15) is 4.79 Å². The maximum absolute atomic E-state index is 12.4. The van der Waals surface area contributed by atoms with Crippen molar-refractivity contribution in [1.29, 1.82) is 0 Å². The molecular weight excluding hydrogens is 312 g/mol. The standard InChI is InChI=1S/C22H24O3/c1-13-5-4-9-22(12-13)10-8-15-11-18-16-6-3-7-17(16)21(23)24-20(18)14(2)19(15)25-22/h8,10-11,13H,3-7,9,12H2,1-2H3. The van der Waals surface area contributed by atoms with Crippen molar-refractivity contribution in [1.82, 2.24) is 0 Å². The van der Waals surface area contributed by atoms with E-state index >= 15 is 0 Å². The summed E-state index contributed by atoms with van der Waals surface area (Å²) >= 11 is 0. The number of aryl methyl sites for hydroxylation is 2. The Kier molecular flexibility index (Phi) is 3.19. The van der Waals surface area contributed by atoms with Crippen molar-refractivity contribution in [3.63, 3.8) is 0 Å². The summed E-state index contributed by atoms with van der Waals surface area (Å²) in [5.74, 6) is 1.59. The van der Waals surface area contributed by atoms with Crippen LogP contribution in [-0.2, 0) is 12.8 Å². The minimum Gasteiger partial charge on any atom is -0.482 e. The Morgan fingerprint density at radius 2 is 2.04 bits per heavy atom. The average molecular weight is 336 g/mol. The second kappa shape index (κ2) is 5.23. The summed E-state index contributed by atoms with van der Waals surface area (Å²) in [7, 11) is 0. The Morgan fingerprint density at radius 1 is 1.20 bits per heavy atom. The van der Waals surface area contributed by atoms with E-state index in [0.29, 0.717) is 5.92 Å². The lowest BCUT2D eigenvalue weighted by Crippen LogP contribution is -2.40. The molecule has 0 amide bonds. The third kappa shape index (κ3) is 2.21. The number of hydrogen-bond donors (Lipinski definition) is 0. The van der Waals surface area contributed by atoms with E-state index in [0.717, 1.165) is 65.5 Å². The van der Waals surface area contributed by atoms with Crippen molar-refractivity contribution in [3.05, 3.63) is 44.8 Å². The molecule has 2 aliphatic carbocycles. The van der Waals surface area contributed by atoms with Crippen LogP contribution >= 0.6 is 0 Å². The molecule has 0 N–H and O–H groups in total. The highest BCUT2D eigenvalue weighted by molar-refractivity contribution is 5.90. The van der Waals surface area contributed by atoms with Gasteiger partial charge in [0.05, 0.1) is 0 Å². The summed E-state index contributed by atoms with van der Waals surface area (Å²) in [4.78, 5) is 12.4. The van der Waals surface area contributed by atoms with Gasteiger partial charge < -0.3 is 9.15 Å². The predicted octanol–water partition coefficient (Wildman–Crippen LogP) is 4.94. The van der Waals surface area contributed by atoms with Gasteiger partial charge in [-0.1, -0.05) is 19.4 Å². The van der Waals surface area contributed by atoms with Crippen molar-refractivity contribution in [3.8, 4) is 5.75 Å². The van der Waals surface area contributed by atoms with Crippen molar-refractivity contribution < 1.29 is 9.15 Å². The van der Waals surface area contributed by atoms with Gasteiger partial charge in [-0.05, 0) is 69.1 Å². The molecule has 2 atom stereocenters. The monoisotopic (exact) mass is 336 g/mol. The molecule has 0 radical (unpaired) electrons. The lowest BCUT2D eigenvalue weighted by atomic mass is 9.77. The van der Waals surface area contributed by atoms with Crippen LogP contribution in [0.25, 0.3) is 17.0 Å². The van der Waals surface area contributed by atoms with Crippen molar-refractivity contribution >= 4 is 17.0 Å². The van der Waals surface area contributed by atoms with Crippen LogP contribution in [0.5, 0.6) is 5.75 Å². The van der Waals surface area contributed by atoms with Crippen LogP contribution in [-0.4, -0.2) is 5.60 Å². The Bertz CT molecular complexity index is 966. The summed E-state index contributed by atoms with van der Waals surface area (Å²) in [6.45, 7) is 4.34. The van der Waals surface area contributed by atoms with Crippen LogP contribution in [0.1, 0.15) is 61.3 Å². The van der Waals surface area contributed by atoms with Gasteiger partial charge in [0, 0.05) is 22.1 Å². The summed E-state index contributed by atoms with van der Waals surface area (Å²) < 4.78 is 12.3. The zero-order valence-electron chi connectivity index (χ0n) is 15.0. The van der Waals surface area contributed by atoms with Gasteiger partial charge >= 0.3 is 5.63 Å². The molecular formula is C22H24O3. The summed E-state index contributed by atoms with van der Waals surface area (Å²) in [6, 6.07) is 2.17. The number of ether oxygens (including phenoxy) is 1. The minimum atomic E-state index is -0.180. The fraction of sp³-hybridized carbons (Fsp3) is 0.500. The van der Waals surface area contributed by atoms with Crippen LogP contribution in [0.3, 0.4) is 0 Å². The second-order valence-corrected chi connectivity index (χ2v) is 8.20. The molecule has 0 saturated heterocycles. The summed E-state index contributed by atoms with van der Waals surface area (Å²) in [6.07, 6.45) is 12.0. The van der Waals surface area contributed by atoms with Gasteiger partial charge in [0.2, 0.25) is 0 Å². The van der Waals surface area contributed by atoms with Crippen molar-refractivity contribution in [2.75, 3.05) is 0 Å². The highest BCUT2D eigenvalue weighted by atomic mass is 16.5. The second-order valence-electron chi connectivity index (χ2n) is 8.20. The first kappa shape index (κ1) is 15.2. The molecule has 1 spiro atoms. The Balaban J connectivity index is 1.70. The molecule has 1 aromatic heterocycles. The fourth-order valence-corrected chi connectivity index (χ4v) is 5.11. The molecule has 0 bridgehead atoms. The van der Waals surface area contributed by atoms with E-state index in [1.165, 1.54) is 18.4 Å². The first-order valence-electron chi connectivity index (χ1n) is 9.57. The minimum absolute atomic E-state index is 0.157. The highest BCUT2D eigenvalue weighted by Crippen LogP contribution is 2.45. The fourth-order valence-electron chi connectivity index (χ4n) is 5.11. The van der Waals surface area contributed by atoms with Gasteiger partial charge in [0.1, 0.15) is 16.9 Å². The lowest BCUT2D eigenvalue weighted by Gasteiger charge is -2.41. The molecule has 5 rings (SSSR count). The van der Waals surface area contributed by atoms with Crippen LogP contribution in [0, 0.1) is 12.8 Å². The molecule has 2 unspecified atom stereocenters. The van der Waals surface area contributed by atoms with Crippen LogP contribution in [0.2, 0.25) is 0 Å². The molecule has 3 nitrogen and oxygen atoms in total. The van der Waals surface area contributed by atoms with Crippen molar-refractivity contribution in [2.24, 2.45) is 5.92 Å². The molecule has 2 heterocycles. The van der Waals surface area contributed by atoms with Gasteiger partial charge in [0.15, 0.2) is 0 Å². The third-order valence-electron chi connectivity index (χ3n) is 6.33. The number of fused-ring (bicyclic) bond motifs is 4. The molecule has 3 aliphatic rings. The maximum Gasteiger partial charge on any atom is 0.339 e. The number of rotatable bonds is 0. The van der Waals surface area contributed by atoms with Crippen LogP contribution in [0.15, 0.2) is 21.4 Å². The molecule has 1 fully saturated rings. The van der Waals surface area contributed by atoms with Gasteiger partial charge in [-0.2, -0.15) is 0 Å². The van der Waals surface area contributed by atoms with Crippen LogP contribution in [0.4, 0.5) is 0 Å². The normalized spacial score (nSPS) is 27.4. The SMILES string of the molecule is Cc1c2c(cc3c4c(c(=O)oc13)CCC4)C=CC1(CCCC(C)C1)O2. The lowest BCUT2D eigenvalue weighted by molar-refractivity contribution is 0.0538. The summed E-state index contributed by atoms with van der Waals surface area (Å²) in [5.41, 5.74) is 4.55. The molecule has 1 saturated carbocycles. The van der Waals surface area contributed by atoms with Gasteiger partial charge in [0.25, 0.3) is 0 Å². The molecule has 2 aromatic rings. The zero-order chi connectivity index (χ0) is 17.2. The van der Waals surface area contributed by atoms with Gasteiger partial charge in [-0.3, -0.25) is 0 Å². The smallest absolute Gasteiger partial charge is 0.339 e. The third-order valence-corrected chi connectivity index (χ3v) is 6.33. The molecule has 130 valence electrons. The van der Waals surface area contributed by atoms with E-state index in [2.05, 4.69) is 25.1 Å². The van der Waals surface area contributed by atoms with E-state index < -0.39 is 0 Å². The molecule has 1 aromatic carbocycles. The number of benzene rings is 1. The largest absolute Gasteiger partial charge is 0.482 e. The first-order valence-corrected chi connectivity index (χ1v) is 9.57. The van der Waals surface area contributed by atoms with Crippen molar-refractivity contribution in [2.45, 2.75) is 64.4 Å². The van der Waals surface area contributed by atoms with E-state index in [-0.39, 0.29) is 11.2 Å². The van der Waals surface area contributed by atoms with Gasteiger partial charge in [-0.25, -0.2) is 4.79 Å². The Labute approximate surface area is 147 Å². The molecule has 3 heteroatoms.